The van der Waals surface area contributed by atoms with Gasteiger partial charge in [0.05, 0.1) is 13.7 Å². The Bertz CT molecular complexity index is 1000. The number of anilines is 2. The molecule has 0 aliphatic heterocycles. The summed E-state index contributed by atoms with van der Waals surface area (Å²) < 4.78 is 10.6. The molecule has 3 N–H and O–H groups in total. The van der Waals surface area contributed by atoms with Crippen LogP contribution in [0.25, 0.3) is 0 Å². The van der Waals surface area contributed by atoms with Crippen molar-refractivity contribution in [3.05, 3.63) is 83.9 Å². The molecule has 0 fully saturated rings. The van der Waals surface area contributed by atoms with E-state index in [1.807, 2.05) is 67.6 Å². The Morgan fingerprint density at radius 2 is 1.42 bits per heavy atom. The lowest BCUT2D eigenvalue weighted by atomic mass is 10.2. The third kappa shape index (κ3) is 6.72. The predicted octanol–water partition coefficient (Wildman–Crippen LogP) is 4.83. The molecule has 0 aliphatic carbocycles. The maximum atomic E-state index is 12.5. The van der Waals surface area contributed by atoms with E-state index < -0.39 is 0 Å². The van der Waals surface area contributed by atoms with E-state index in [1.54, 1.807) is 19.2 Å². The number of thiocarbonyl (C=S) groups is 1. The maximum Gasteiger partial charge on any atom is 0.255 e. The zero-order chi connectivity index (χ0) is 22.1. The summed E-state index contributed by atoms with van der Waals surface area (Å²) in [6.07, 6.45) is 0. The zero-order valence-corrected chi connectivity index (χ0v) is 18.3. The van der Waals surface area contributed by atoms with Crippen LogP contribution in [0.5, 0.6) is 11.5 Å². The summed E-state index contributed by atoms with van der Waals surface area (Å²) in [7, 11) is 1.64. The van der Waals surface area contributed by atoms with Crippen molar-refractivity contribution in [1.29, 1.82) is 0 Å². The van der Waals surface area contributed by atoms with Crippen molar-refractivity contribution >= 4 is 34.6 Å². The number of ether oxygens (including phenoxy) is 2. The van der Waals surface area contributed by atoms with Crippen LogP contribution in [-0.2, 0) is 6.54 Å². The minimum Gasteiger partial charge on any atom is -0.497 e. The van der Waals surface area contributed by atoms with Gasteiger partial charge in [-0.3, -0.25) is 4.79 Å². The molecule has 0 saturated carbocycles. The lowest BCUT2D eigenvalue weighted by Crippen LogP contribution is -2.27. The second kappa shape index (κ2) is 11.0. The number of carbonyl (C=O) groups is 1. The lowest BCUT2D eigenvalue weighted by molar-refractivity contribution is 0.102. The van der Waals surface area contributed by atoms with E-state index >= 15 is 0 Å². The summed E-state index contributed by atoms with van der Waals surface area (Å²) >= 11 is 5.35. The number of amides is 1. The number of hydrogen-bond acceptors (Lipinski definition) is 4. The van der Waals surface area contributed by atoms with Crippen molar-refractivity contribution in [2.75, 3.05) is 24.4 Å². The molecule has 0 radical (unpaired) electrons. The summed E-state index contributed by atoms with van der Waals surface area (Å²) in [5, 5.41) is 9.65. The Morgan fingerprint density at radius 1 is 0.839 bits per heavy atom. The van der Waals surface area contributed by atoms with Gasteiger partial charge in [-0.1, -0.05) is 12.1 Å². The first-order valence-corrected chi connectivity index (χ1v) is 10.3. The number of benzene rings is 3. The van der Waals surface area contributed by atoms with Crippen LogP contribution in [0.15, 0.2) is 72.8 Å². The Labute approximate surface area is 187 Å². The average molecular weight is 436 g/mol. The largest absolute Gasteiger partial charge is 0.497 e. The molecule has 0 unspecified atom stereocenters. The molecule has 31 heavy (non-hydrogen) atoms. The van der Waals surface area contributed by atoms with Crippen LogP contribution in [0, 0.1) is 0 Å². The van der Waals surface area contributed by atoms with Crippen molar-refractivity contribution in [2.45, 2.75) is 13.5 Å². The van der Waals surface area contributed by atoms with Crippen molar-refractivity contribution < 1.29 is 14.3 Å². The summed E-state index contributed by atoms with van der Waals surface area (Å²) in [6.45, 7) is 3.13. The number of rotatable bonds is 8. The van der Waals surface area contributed by atoms with Gasteiger partial charge in [0.1, 0.15) is 11.5 Å². The van der Waals surface area contributed by atoms with Crippen molar-refractivity contribution in [3.63, 3.8) is 0 Å². The van der Waals surface area contributed by atoms with Crippen LogP contribution in [0.1, 0.15) is 22.8 Å². The zero-order valence-electron chi connectivity index (χ0n) is 17.5. The number of methoxy groups -OCH3 is 1. The SMILES string of the molecule is CCOc1ccc(NC(=O)c2ccc(NC(=S)NCc3ccc(OC)cc3)cc2)cc1. The summed E-state index contributed by atoms with van der Waals surface area (Å²) in [6, 6.07) is 22.2. The predicted molar refractivity (Wildman–Crippen MR) is 128 cm³/mol. The van der Waals surface area contributed by atoms with Crippen molar-refractivity contribution in [1.82, 2.24) is 5.32 Å². The quantitative estimate of drug-likeness (QED) is 0.440. The monoisotopic (exact) mass is 435 g/mol. The highest BCUT2D eigenvalue weighted by atomic mass is 32.1. The van der Waals surface area contributed by atoms with Gasteiger partial charge in [0.25, 0.3) is 5.91 Å². The fourth-order valence-corrected chi connectivity index (χ4v) is 3.00. The minimum atomic E-state index is -0.184. The minimum absolute atomic E-state index is 0.184. The molecule has 6 nitrogen and oxygen atoms in total. The first kappa shape index (κ1) is 22.1. The van der Waals surface area contributed by atoms with Gasteiger partial charge in [-0.15, -0.1) is 0 Å². The molecule has 160 valence electrons. The molecule has 0 heterocycles. The molecule has 0 aromatic heterocycles. The highest BCUT2D eigenvalue weighted by Crippen LogP contribution is 2.17. The maximum absolute atomic E-state index is 12.5. The molecule has 7 heteroatoms. The van der Waals surface area contributed by atoms with Gasteiger partial charge in [-0.05, 0) is 85.4 Å². The van der Waals surface area contributed by atoms with Crippen LogP contribution in [0.3, 0.4) is 0 Å². The lowest BCUT2D eigenvalue weighted by Gasteiger charge is -2.12. The molecule has 0 aliphatic rings. The molecule has 0 saturated heterocycles. The van der Waals surface area contributed by atoms with Gasteiger partial charge in [-0.25, -0.2) is 0 Å². The number of carbonyl (C=O) groups excluding carboxylic acids is 1. The van der Waals surface area contributed by atoms with E-state index in [0.717, 1.165) is 22.7 Å². The van der Waals surface area contributed by atoms with Gasteiger partial charge in [0, 0.05) is 23.5 Å². The van der Waals surface area contributed by atoms with Crippen LogP contribution >= 0.6 is 12.2 Å². The molecule has 3 aromatic rings. The van der Waals surface area contributed by atoms with Crippen LogP contribution in [0.2, 0.25) is 0 Å². The first-order valence-electron chi connectivity index (χ1n) is 9.89. The highest BCUT2D eigenvalue weighted by molar-refractivity contribution is 7.80. The standard InChI is InChI=1S/C24H25N3O3S/c1-3-30-22-14-10-19(11-15-22)26-23(28)18-6-8-20(9-7-18)27-24(31)25-16-17-4-12-21(29-2)13-5-17/h4-15H,3,16H2,1-2H3,(H,26,28)(H2,25,27,31). The van der Waals surface area contributed by atoms with Gasteiger partial charge in [-0.2, -0.15) is 0 Å². The van der Waals surface area contributed by atoms with Gasteiger partial charge < -0.3 is 25.4 Å². The average Bonchev–Trinajstić information content (AvgIpc) is 2.80. The first-order chi connectivity index (χ1) is 15.1. The number of hydrogen-bond donors (Lipinski definition) is 3. The third-order valence-corrected chi connectivity index (χ3v) is 4.69. The van der Waals surface area contributed by atoms with Crippen LogP contribution in [0.4, 0.5) is 11.4 Å². The molecular weight excluding hydrogens is 410 g/mol. The van der Waals surface area contributed by atoms with Gasteiger partial charge >= 0.3 is 0 Å². The fraction of sp³-hybridized carbons (Fsp3) is 0.167. The molecule has 0 bridgehead atoms. The van der Waals surface area contributed by atoms with Crippen LogP contribution < -0.4 is 25.4 Å². The van der Waals surface area contributed by atoms with Gasteiger partial charge in [0.15, 0.2) is 5.11 Å². The van der Waals surface area contributed by atoms with Crippen molar-refractivity contribution in [2.24, 2.45) is 0 Å². The summed E-state index contributed by atoms with van der Waals surface area (Å²) in [4.78, 5) is 12.5. The third-order valence-electron chi connectivity index (χ3n) is 4.44. The smallest absolute Gasteiger partial charge is 0.255 e. The normalized spacial score (nSPS) is 10.1. The van der Waals surface area contributed by atoms with E-state index in [2.05, 4.69) is 16.0 Å². The molecule has 3 rings (SSSR count). The number of nitrogens with one attached hydrogen (secondary N) is 3. The van der Waals surface area contributed by atoms with E-state index in [-0.39, 0.29) is 5.91 Å². The Kier molecular flexibility index (Phi) is 7.84. The summed E-state index contributed by atoms with van der Waals surface area (Å²) in [5.74, 6) is 1.40. The van der Waals surface area contributed by atoms with Crippen LogP contribution in [-0.4, -0.2) is 24.7 Å². The van der Waals surface area contributed by atoms with E-state index in [4.69, 9.17) is 21.7 Å². The molecule has 3 aromatic carbocycles. The molecular formula is C24H25N3O3S. The molecule has 0 atom stereocenters. The molecule has 1 amide bonds. The van der Waals surface area contributed by atoms with Gasteiger partial charge in [0.2, 0.25) is 0 Å². The van der Waals surface area contributed by atoms with E-state index in [1.165, 1.54) is 0 Å². The second-order valence-corrected chi connectivity index (χ2v) is 7.05. The van der Waals surface area contributed by atoms with Crippen molar-refractivity contribution in [3.8, 4) is 11.5 Å². The van der Waals surface area contributed by atoms with E-state index in [9.17, 15) is 4.79 Å². The summed E-state index contributed by atoms with van der Waals surface area (Å²) in [5.41, 5.74) is 3.15. The fourth-order valence-electron chi connectivity index (χ4n) is 2.81. The Morgan fingerprint density at radius 3 is 2.03 bits per heavy atom. The highest BCUT2D eigenvalue weighted by Gasteiger charge is 2.07. The molecule has 0 spiro atoms. The van der Waals surface area contributed by atoms with E-state index in [0.29, 0.717) is 29.5 Å². The topological polar surface area (TPSA) is 71.6 Å². The Hall–Kier alpha value is -3.58. The second-order valence-electron chi connectivity index (χ2n) is 6.64. The Balaban J connectivity index is 1.49.